The van der Waals surface area contributed by atoms with Gasteiger partial charge in [-0.15, -0.1) is 0 Å². The van der Waals surface area contributed by atoms with Gasteiger partial charge in [0.2, 0.25) is 5.91 Å². The molecule has 184 valence electrons. The maximum Gasteiger partial charge on any atom is 0.261 e. The summed E-state index contributed by atoms with van der Waals surface area (Å²) in [6, 6.07) is 12.7. The van der Waals surface area contributed by atoms with Crippen LogP contribution in [-0.4, -0.2) is 49.6 Å². The summed E-state index contributed by atoms with van der Waals surface area (Å²) in [7, 11) is 3.12. The normalized spacial score (nSPS) is 14.4. The number of carbonyl (C=O) groups excluding carboxylic acids is 2. The molecular weight excluding hydrogens is 432 g/mol. The SMILES string of the molecule is CC[C@@H](C(=O)NC1CCCC1)N(Cc1cccc(C)c1)C(=O)COc1cc(OC)cc(OC)c1. The highest BCUT2D eigenvalue weighted by Crippen LogP contribution is 2.27. The van der Waals surface area contributed by atoms with Gasteiger partial charge in [-0.2, -0.15) is 0 Å². The maximum absolute atomic E-state index is 13.4. The van der Waals surface area contributed by atoms with Gasteiger partial charge in [0.1, 0.15) is 23.3 Å². The monoisotopic (exact) mass is 468 g/mol. The van der Waals surface area contributed by atoms with Crippen molar-refractivity contribution in [2.75, 3.05) is 20.8 Å². The van der Waals surface area contributed by atoms with Crippen molar-refractivity contribution in [2.45, 2.75) is 64.6 Å². The van der Waals surface area contributed by atoms with Crippen LogP contribution < -0.4 is 19.5 Å². The van der Waals surface area contributed by atoms with Gasteiger partial charge < -0.3 is 24.4 Å². The van der Waals surface area contributed by atoms with E-state index in [0.717, 1.165) is 36.8 Å². The number of hydrogen-bond donors (Lipinski definition) is 1. The van der Waals surface area contributed by atoms with E-state index in [2.05, 4.69) is 5.32 Å². The molecule has 0 aromatic heterocycles. The van der Waals surface area contributed by atoms with E-state index in [1.54, 1.807) is 37.3 Å². The molecule has 7 heteroatoms. The van der Waals surface area contributed by atoms with Crippen LogP contribution in [0.15, 0.2) is 42.5 Å². The number of amides is 2. The van der Waals surface area contributed by atoms with E-state index in [0.29, 0.717) is 30.2 Å². The molecule has 1 aliphatic rings. The molecule has 34 heavy (non-hydrogen) atoms. The maximum atomic E-state index is 13.4. The number of methoxy groups -OCH3 is 2. The Morgan fingerprint density at radius 1 is 1.03 bits per heavy atom. The molecule has 1 aliphatic carbocycles. The van der Waals surface area contributed by atoms with Gasteiger partial charge >= 0.3 is 0 Å². The van der Waals surface area contributed by atoms with E-state index in [9.17, 15) is 9.59 Å². The summed E-state index contributed by atoms with van der Waals surface area (Å²) in [5.41, 5.74) is 2.08. The first-order valence-corrected chi connectivity index (χ1v) is 11.9. The van der Waals surface area contributed by atoms with Crippen LogP contribution in [0.2, 0.25) is 0 Å². The Morgan fingerprint density at radius 2 is 1.68 bits per heavy atom. The van der Waals surface area contributed by atoms with Crippen molar-refractivity contribution in [3.8, 4) is 17.2 Å². The molecule has 1 saturated carbocycles. The molecule has 0 unspecified atom stereocenters. The van der Waals surface area contributed by atoms with Crippen molar-refractivity contribution < 1.29 is 23.8 Å². The molecule has 2 aromatic rings. The van der Waals surface area contributed by atoms with Gasteiger partial charge in [0, 0.05) is 30.8 Å². The van der Waals surface area contributed by atoms with Crippen molar-refractivity contribution in [3.63, 3.8) is 0 Å². The van der Waals surface area contributed by atoms with E-state index in [4.69, 9.17) is 14.2 Å². The third-order valence-corrected chi connectivity index (χ3v) is 6.21. The Balaban J connectivity index is 1.78. The zero-order chi connectivity index (χ0) is 24.5. The van der Waals surface area contributed by atoms with Crippen LogP contribution in [0.5, 0.6) is 17.2 Å². The van der Waals surface area contributed by atoms with E-state index >= 15 is 0 Å². The first-order valence-electron chi connectivity index (χ1n) is 11.9. The predicted octanol–water partition coefficient (Wildman–Crippen LogP) is 4.26. The average Bonchev–Trinajstić information content (AvgIpc) is 3.35. The summed E-state index contributed by atoms with van der Waals surface area (Å²) < 4.78 is 16.4. The Bertz CT molecular complexity index is 949. The van der Waals surface area contributed by atoms with Crippen LogP contribution in [0, 0.1) is 6.92 Å². The first kappa shape index (κ1) is 25.4. The summed E-state index contributed by atoms with van der Waals surface area (Å²) >= 11 is 0. The van der Waals surface area contributed by atoms with Crippen molar-refractivity contribution in [2.24, 2.45) is 0 Å². The standard InChI is InChI=1S/C27H36N2O5/c1-5-25(27(31)28-21-11-6-7-12-21)29(17-20-10-8-9-19(2)13-20)26(30)18-34-24-15-22(32-3)14-23(16-24)33-4/h8-10,13-16,21,25H,5-7,11-12,17-18H2,1-4H3,(H,28,31)/t25-/m0/s1. The van der Waals surface area contributed by atoms with Gasteiger partial charge in [0.15, 0.2) is 6.61 Å². The van der Waals surface area contributed by atoms with Crippen molar-refractivity contribution in [1.82, 2.24) is 10.2 Å². The molecule has 1 atom stereocenters. The minimum Gasteiger partial charge on any atom is -0.496 e. The largest absolute Gasteiger partial charge is 0.496 e. The fourth-order valence-corrected chi connectivity index (χ4v) is 4.39. The smallest absolute Gasteiger partial charge is 0.261 e. The van der Waals surface area contributed by atoms with Crippen molar-refractivity contribution >= 4 is 11.8 Å². The van der Waals surface area contributed by atoms with Crippen molar-refractivity contribution in [1.29, 1.82) is 0 Å². The number of nitrogens with zero attached hydrogens (tertiary/aromatic N) is 1. The third-order valence-electron chi connectivity index (χ3n) is 6.21. The number of ether oxygens (including phenoxy) is 3. The molecule has 0 spiro atoms. The topological polar surface area (TPSA) is 77.1 Å². The van der Waals surface area contributed by atoms with Crippen LogP contribution in [0.3, 0.4) is 0 Å². The molecule has 0 radical (unpaired) electrons. The lowest BCUT2D eigenvalue weighted by Gasteiger charge is -2.31. The molecule has 1 fully saturated rings. The van der Waals surface area contributed by atoms with Gasteiger partial charge in [-0.05, 0) is 31.7 Å². The van der Waals surface area contributed by atoms with Crippen LogP contribution in [0.25, 0.3) is 0 Å². The lowest BCUT2D eigenvalue weighted by Crippen LogP contribution is -2.52. The molecule has 1 N–H and O–H groups in total. The fourth-order valence-electron chi connectivity index (χ4n) is 4.39. The summed E-state index contributed by atoms with van der Waals surface area (Å²) in [5.74, 6) is 1.25. The van der Waals surface area contributed by atoms with E-state index in [1.165, 1.54) is 0 Å². The molecule has 2 aromatic carbocycles. The zero-order valence-corrected chi connectivity index (χ0v) is 20.6. The Labute approximate surface area is 202 Å². The predicted molar refractivity (Wildman–Crippen MR) is 131 cm³/mol. The second-order valence-corrected chi connectivity index (χ2v) is 8.76. The molecule has 0 aliphatic heterocycles. The molecule has 0 bridgehead atoms. The molecule has 0 heterocycles. The van der Waals surface area contributed by atoms with E-state index in [-0.39, 0.29) is 24.5 Å². The van der Waals surface area contributed by atoms with E-state index < -0.39 is 6.04 Å². The highest BCUT2D eigenvalue weighted by atomic mass is 16.5. The highest BCUT2D eigenvalue weighted by Gasteiger charge is 2.31. The molecular formula is C27H36N2O5. The van der Waals surface area contributed by atoms with Crippen LogP contribution >= 0.6 is 0 Å². The molecule has 7 nitrogen and oxygen atoms in total. The number of carbonyl (C=O) groups is 2. The van der Waals surface area contributed by atoms with Gasteiger partial charge in [-0.1, -0.05) is 49.6 Å². The second-order valence-electron chi connectivity index (χ2n) is 8.76. The number of hydrogen-bond acceptors (Lipinski definition) is 5. The van der Waals surface area contributed by atoms with Crippen LogP contribution in [-0.2, 0) is 16.1 Å². The minimum atomic E-state index is -0.572. The number of rotatable bonds is 11. The van der Waals surface area contributed by atoms with Crippen molar-refractivity contribution in [3.05, 3.63) is 53.6 Å². The van der Waals surface area contributed by atoms with Gasteiger partial charge in [0.05, 0.1) is 14.2 Å². The zero-order valence-electron chi connectivity index (χ0n) is 20.6. The number of nitrogens with one attached hydrogen (secondary N) is 1. The molecule has 3 rings (SSSR count). The molecule has 0 saturated heterocycles. The van der Waals surface area contributed by atoms with Gasteiger partial charge in [-0.25, -0.2) is 0 Å². The highest BCUT2D eigenvalue weighted by molar-refractivity contribution is 5.88. The summed E-state index contributed by atoms with van der Waals surface area (Å²) in [6.07, 6.45) is 4.77. The number of aryl methyl sites for hydroxylation is 1. The lowest BCUT2D eigenvalue weighted by atomic mass is 10.1. The quantitative estimate of drug-likeness (QED) is 0.533. The summed E-state index contributed by atoms with van der Waals surface area (Å²) in [6.45, 7) is 4.08. The Kier molecular flexibility index (Phi) is 9.19. The lowest BCUT2D eigenvalue weighted by molar-refractivity contribution is -0.143. The third kappa shape index (κ3) is 6.89. The molecule has 2 amide bonds. The fraction of sp³-hybridized carbons (Fsp3) is 0.481. The van der Waals surface area contributed by atoms with Gasteiger partial charge in [-0.3, -0.25) is 9.59 Å². The van der Waals surface area contributed by atoms with E-state index in [1.807, 2.05) is 38.1 Å². The van der Waals surface area contributed by atoms with Crippen LogP contribution in [0.1, 0.15) is 50.2 Å². The average molecular weight is 469 g/mol. The number of benzene rings is 2. The first-order chi connectivity index (χ1) is 16.4. The minimum absolute atomic E-state index is 0.0987. The van der Waals surface area contributed by atoms with Gasteiger partial charge in [0.25, 0.3) is 5.91 Å². The second kappa shape index (κ2) is 12.3. The summed E-state index contributed by atoms with van der Waals surface area (Å²) in [5, 5.41) is 3.16. The Morgan fingerprint density at radius 3 is 2.26 bits per heavy atom. The van der Waals surface area contributed by atoms with Crippen LogP contribution in [0.4, 0.5) is 0 Å². The summed E-state index contributed by atoms with van der Waals surface area (Å²) in [4.78, 5) is 28.2. The Hall–Kier alpha value is -3.22.